The average molecular weight is 344 g/mol. The zero-order valence-corrected chi connectivity index (χ0v) is 14.3. The summed E-state index contributed by atoms with van der Waals surface area (Å²) in [4.78, 5) is 13.3. The van der Waals surface area contributed by atoms with E-state index in [4.69, 9.17) is 0 Å². The lowest BCUT2D eigenvalue weighted by Crippen LogP contribution is -2.51. The molecule has 1 aliphatic heterocycles. The number of anilines is 1. The second-order valence-corrected chi connectivity index (χ2v) is 7.08. The topological polar surface area (TPSA) is 32.3 Å². The van der Waals surface area contributed by atoms with E-state index in [9.17, 15) is 8.78 Å². The summed E-state index contributed by atoms with van der Waals surface area (Å²) in [7, 11) is 0. The van der Waals surface area contributed by atoms with Crippen LogP contribution in [0.5, 0.6) is 0 Å². The lowest BCUT2D eigenvalue weighted by atomic mass is 10.1. The summed E-state index contributed by atoms with van der Waals surface area (Å²) in [5.41, 5.74) is 1.69. The molecule has 1 unspecified atom stereocenters. The van der Waals surface area contributed by atoms with E-state index in [1.54, 1.807) is 6.33 Å². The molecule has 1 saturated carbocycles. The summed E-state index contributed by atoms with van der Waals surface area (Å²) in [6, 6.07) is 6.18. The number of halogens is 2. The maximum atomic E-state index is 13.9. The predicted octanol–water partition coefficient (Wildman–Crippen LogP) is 3.34. The van der Waals surface area contributed by atoms with Gasteiger partial charge in [0, 0.05) is 61.5 Å². The maximum absolute atomic E-state index is 13.9. The van der Waals surface area contributed by atoms with Gasteiger partial charge in [-0.05, 0) is 25.8 Å². The quantitative estimate of drug-likeness (QED) is 0.851. The summed E-state index contributed by atoms with van der Waals surface area (Å²) in [5.74, 6) is 0.590. The Morgan fingerprint density at radius 2 is 1.96 bits per heavy atom. The Morgan fingerprint density at radius 1 is 1.12 bits per heavy atom. The summed E-state index contributed by atoms with van der Waals surface area (Å²) in [6.07, 6.45) is 4.11. The summed E-state index contributed by atoms with van der Waals surface area (Å²) in [5, 5.41) is 0. The number of rotatable bonds is 4. The van der Waals surface area contributed by atoms with Crippen molar-refractivity contribution in [3.63, 3.8) is 0 Å². The van der Waals surface area contributed by atoms with Gasteiger partial charge in [0.1, 0.15) is 23.8 Å². The Kier molecular flexibility index (Phi) is 4.37. The molecule has 1 atom stereocenters. The highest BCUT2D eigenvalue weighted by Gasteiger charge is 2.28. The number of piperazine rings is 1. The summed E-state index contributed by atoms with van der Waals surface area (Å²) >= 11 is 0. The molecule has 6 heteroatoms. The highest BCUT2D eigenvalue weighted by atomic mass is 19.1. The Balaban J connectivity index is 1.42. The second-order valence-electron chi connectivity index (χ2n) is 7.08. The molecule has 0 spiro atoms. The van der Waals surface area contributed by atoms with Crippen molar-refractivity contribution < 1.29 is 8.78 Å². The van der Waals surface area contributed by atoms with Crippen LogP contribution in [0.2, 0.25) is 0 Å². The van der Waals surface area contributed by atoms with Crippen LogP contribution in [0.1, 0.15) is 36.9 Å². The van der Waals surface area contributed by atoms with Crippen LogP contribution >= 0.6 is 0 Å². The third-order valence-corrected chi connectivity index (χ3v) is 5.15. The van der Waals surface area contributed by atoms with Crippen LogP contribution in [-0.4, -0.2) is 40.5 Å². The fourth-order valence-electron chi connectivity index (χ4n) is 3.44. The Bertz CT molecular complexity index is 763. The first-order valence-corrected chi connectivity index (χ1v) is 8.85. The van der Waals surface area contributed by atoms with E-state index >= 15 is 0 Å². The van der Waals surface area contributed by atoms with Gasteiger partial charge in [0.2, 0.25) is 0 Å². The van der Waals surface area contributed by atoms with E-state index in [0.717, 1.165) is 37.2 Å². The van der Waals surface area contributed by atoms with Crippen LogP contribution in [0.25, 0.3) is 0 Å². The fourth-order valence-corrected chi connectivity index (χ4v) is 3.44. The van der Waals surface area contributed by atoms with Gasteiger partial charge < -0.3 is 4.90 Å². The van der Waals surface area contributed by atoms with Crippen LogP contribution in [0.15, 0.2) is 30.6 Å². The van der Waals surface area contributed by atoms with Crippen LogP contribution in [0.4, 0.5) is 14.6 Å². The molecule has 1 aliphatic carbocycles. The normalized spacial score (nSPS) is 21.6. The highest BCUT2D eigenvalue weighted by molar-refractivity contribution is 5.41. The monoisotopic (exact) mass is 344 g/mol. The van der Waals surface area contributed by atoms with Crippen LogP contribution in [0, 0.1) is 11.6 Å². The van der Waals surface area contributed by atoms with Gasteiger partial charge in [-0.15, -0.1) is 0 Å². The molecule has 0 radical (unpaired) electrons. The SMILES string of the molecule is CC1CN(c2cc(C3CC3)ncn2)CCN1Cc1ccc(F)cc1F. The van der Waals surface area contributed by atoms with Gasteiger partial charge in [-0.3, -0.25) is 4.90 Å². The first kappa shape index (κ1) is 16.4. The Hall–Kier alpha value is -2.08. The number of benzene rings is 1. The van der Waals surface area contributed by atoms with Crippen molar-refractivity contribution in [2.75, 3.05) is 24.5 Å². The lowest BCUT2D eigenvalue weighted by molar-refractivity contribution is 0.178. The van der Waals surface area contributed by atoms with Gasteiger partial charge in [-0.1, -0.05) is 6.07 Å². The Morgan fingerprint density at radius 3 is 2.68 bits per heavy atom. The number of nitrogens with zero attached hydrogens (tertiary/aromatic N) is 4. The van der Waals surface area contributed by atoms with Crippen LogP contribution < -0.4 is 4.90 Å². The molecule has 132 valence electrons. The molecular formula is C19H22F2N4. The van der Waals surface area contributed by atoms with Crippen molar-refractivity contribution in [1.29, 1.82) is 0 Å². The zero-order valence-electron chi connectivity index (χ0n) is 14.3. The lowest BCUT2D eigenvalue weighted by Gasteiger charge is -2.40. The molecule has 1 saturated heterocycles. The molecule has 4 rings (SSSR count). The van der Waals surface area contributed by atoms with Gasteiger partial charge >= 0.3 is 0 Å². The number of hydrogen-bond donors (Lipinski definition) is 0. The standard InChI is InChI=1S/C19H22F2N4/c1-13-10-25(19-9-18(14-2-3-14)22-12-23-19)7-6-24(13)11-15-4-5-16(20)8-17(15)21/h4-5,8-9,12-14H,2-3,6-7,10-11H2,1H3. The van der Waals surface area contributed by atoms with Crippen LogP contribution in [0.3, 0.4) is 0 Å². The minimum atomic E-state index is -0.533. The smallest absolute Gasteiger partial charge is 0.132 e. The van der Waals surface area contributed by atoms with Crippen molar-refractivity contribution in [3.8, 4) is 0 Å². The summed E-state index contributed by atoms with van der Waals surface area (Å²) < 4.78 is 27.0. The predicted molar refractivity (Wildman–Crippen MR) is 92.5 cm³/mol. The molecule has 2 heterocycles. The van der Waals surface area contributed by atoms with Gasteiger partial charge in [0.15, 0.2) is 0 Å². The molecule has 2 aliphatic rings. The summed E-state index contributed by atoms with van der Waals surface area (Å²) in [6.45, 7) is 5.13. The average Bonchev–Trinajstić information content (AvgIpc) is 3.44. The molecule has 25 heavy (non-hydrogen) atoms. The molecular weight excluding hydrogens is 322 g/mol. The number of aromatic nitrogens is 2. The van der Waals surface area contributed by atoms with Crippen LogP contribution in [-0.2, 0) is 6.54 Å². The first-order valence-electron chi connectivity index (χ1n) is 8.85. The van der Waals surface area contributed by atoms with Crippen molar-refractivity contribution in [2.24, 2.45) is 0 Å². The molecule has 1 aromatic heterocycles. The minimum absolute atomic E-state index is 0.262. The van der Waals surface area contributed by atoms with Crippen molar-refractivity contribution in [2.45, 2.75) is 38.3 Å². The zero-order chi connectivity index (χ0) is 17.4. The fraction of sp³-hybridized carbons (Fsp3) is 0.474. The highest BCUT2D eigenvalue weighted by Crippen LogP contribution is 2.39. The van der Waals surface area contributed by atoms with E-state index in [-0.39, 0.29) is 6.04 Å². The van der Waals surface area contributed by atoms with E-state index in [0.29, 0.717) is 18.0 Å². The van der Waals surface area contributed by atoms with Gasteiger partial charge in [-0.25, -0.2) is 18.7 Å². The molecule has 1 aromatic carbocycles. The second kappa shape index (κ2) is 6.67. The molecule has 4 nitrogen and oxygen atoms in total. The van der Waals surface area contributed by atoms with Gasteiger partial charge in [0.25, 0.3) is 0 Å². The Labute approximate surface area is 146 Å². The van der Waals surface area contributed by atoms with Crippen molar-refractivity contribution in [1.82, 2.24) is 14.9 Å². The van der Waals surface area contributed by atoms with Crippen molar-refractivity contribution >= 4 is 5.82 Å². The van der Waals surface area contributed by atoms with E-state index in [2.05, 4.69) is 32.8 Å². The maximum Gasteiger partial charge on any atom is 0.132 e. The van der Waals surface area contributed by atoms with E-state index in [1.807, 2.05) is 0 Å². The first-order chi connectivity index (χ1) is 12.1. The van der Waals surface area contributed by atoms with Crippen molar-refractivity contribution in [3.05, 3.63) is 53.5 Å². The molecule has 2 aromatic rings. The third-order valence-electron chi connectivity index (χ3n) is 5.15. The molecule has 2 fully saturated rings. The number of hydrogen-bond acceptors (Lipinski definition) is 4. The molecule has 0 amide bonds. The minimum Gasteiger partial charge on any atom is -0.354 e. The van der Waals surface area contributed by atoms with Gasteiger partial charge in [0.05, 0.1) is 0 Å². The van der Waals surface area contributed by atoms with Gasteiger partial charge in [-0.2, -0.15) is 0 Å². The third kappa shape index (κ3) is 3.63. The molecule has 0 N–H and O–H groups in total. The largest absolute Gasteiger partial charge is 0.354 e. The van der Waals surface area contributed by atoms with E-state index in [1.165, 1.54) is 25.0 Å². The van der Waals surface area contributed by atoms with E-state index < -0.39 is 11.6 Å². The molecule has 0 bridgehead atoms.